The monoisotopic (exact) mass is 276 g/mol. The molecule has 1 aromatic heterocycles. The molecule has 0 aromatic carbocycles. The summed E-state index contributed by atoms with van der Waals surface area (Å²) >= 11 is 0. The van der Waals surface area contributed by atoms with Gasteiger partial charge in [-0.3, -0.25) is 0 Å². The Morgan fingerprint density at radius 1 is 1.00 bits per heavy atom. The van der Waals surface area contributed by atoms with Crippen LogP contribution >= 0.6 is 0 Å². The van der Waals surface area contributed by atoms with Gasteiger partial charge in [0.05, 0.1) is 0 Å². The molecule has 0 amide bonds. The van der Waals surface area contributed by atoms with Crippen LogP contribution in [0.1, 0.15) is 50.9 Å². The van der Waals surface area contributed by atoms with Gasteiger partial charge in [0.15, 0.2) is 0 Å². The molecule has 2 rings (SSSR count). The van der Waals surface area contributed by atoms with E-state index < -0.39 is 0 Å². The van der Waals surface area contributed by atoms with E-state index in [4.69, 9.17) is 0 Å². The third-order valence-electron chi connectivity index (χ3n) is 4.30. The van der Waals surface area contributed by atoms with Gasteiger partial charge in [0, 0.05) is 18.7 Å². The maximum Gasteiger partial charge on any atom is 0.134 e. The topological polar surface area (TPSA) is 49.8 Å². The average molecular weight is 276 g/mol. The number of aryl methyl sites for hydroxylation is 1. The van der Waals surface area contributed by atoms with Crippen LogP contribution in [0.2, 0.25) is 0 Å². The number of rotatable bonds is 5. The summed E-state index contributed by atoms with van der Waals surface area (Å²) in [5.74, 6) is 4.48. The first-order chi connectivity index (χ1) is 9.60. The standard InChI is InChI=1S/C16H28N4/c1-5-17-15-12(3)16(20-13(4)19-15)18-10-14-8-6-11(2)7-9-14/h11,14H,5-10H2,1-4H3,(H2,17,18,19,20). The zero-order chi connectivity index (χ0) is 14.5. The molecule has 0 atom stereocenters. The highest BCUT2D eigenvalue weighted by atomic mass is 15.1. The highest BCUT2D eigenvalue weighted by molar-refractivity contribution is 5.57. The fraction of sp³-hybridized carbons (Fsp3) is 0.750. The van der Waals surface area contributed by atoms with Gasteiger partial charge >= 0.3 is 0 Å². The minimum absolute atomic E-state index is 0.795. The average Bonchev–Trinajstić information content (AvgIpc) is 2.43. The molecule has 0 radical (unpaired) electrons. The van der Waals surface area contributed by atoms with E-state index in [0.29, 0.717) is 0 Å². The lowest BCUT2D eigenvalue weighted by Crippen LogP contribution is -2.21. The van der Waals surface area contributed by atoms with Crippen LogP contribution in [0.15, 0.2) is 0 Å². The summed E-state index contributed by atoms with van der Waals surface area (Å²) in [7, 11) is 0. The Balaban J connectivity index is 1.98. The Hall–Kier alpha value is -1.32. The number of anilines is 2. The molecule has 4 nitrogen and oxygen atoms in total. The lowest BCUT2D eigenvalue weighted by atomic mass is 9.83. The molecule has 0 saturated heterocycles. The second-order valence-corrected chi connectivity index (χ2v) is 6.13. The number of hydrogen-bond acceptors (Lipinski definition) is 4. The summed E-state index contributed by atoms with van der Waals surface area (Å²) in [4.78, 5) is 9.02. The van der Waals surface area contributed by atoms with Gasteiger partial charge in [0.1, 0.15) is 17.5 Å². The largest absolute Gasteiger partial charge is 0.370 e. The van der Waals surface area contributed by atoms with Gasteiger partial charge in [-0.25, -0.2) is 9.97 Å². The van der Waals surface area contributed by atoms with Crippen molar-refractivity contribution in [1.82, 2.24) is 9.97 Å². The summed E-state index contributed by atoms with van der Waals surface area (Å²) in [6, 6.07) is 0. The van der Waals surface area contributed by atoms with Gasteiger partial charge < -0.3 is 10.6 Å². The van der Waals surface area contributed by atoms with Crippen LogP contribution < -0.4 is 10.6 Å². The molecule has 112 valence electrons. The van der Waals surface area contributed by atoms with E-state index in [2.05, 4.69) is 41.4 Å². The predicted molar refractivity (Wildman–Crippen MR) is 85.3 cm³/mol. The normalized spacial score (nSPS) is 22.6. The number of aromatic nitrogens is 2. The second kappa shape index (κ2) is 6.91. The van der Waals surface area contributed by atoms with Crippen molar-refractivity contribution in [1.29, 1.82) is 0 Å². The van der Waals surface area contributed by atoms with Crippen LogP contribution in [-0.4, -0.2) is 23.1 Å². The number of nitrogens with one attached hydrogen (secondary N) is 2. The minimum atomic E-state index is 0.795. The lowest BCUT2D eigenvalue weighted by Gasteiger charge is -2.26. The fourth-order valence-electron chi connectivity index (χ4n) is 2.91. The summed E-state index contributed by atoms with van der Waals surface area (Å²) in [6.45, 7) is 10.4. The molecule has 0 aliphatic heterocycles. The Labute approximate surface area is 122 Å². The van der Waals surface area contributed by atoms with Crippen LogP contribution in [0.5, 0.6) is 0 Å². The van der Waals surface area contributed by atoms with Gasteiger partial charge in [-0.2, -0.15) is 0 Å². The second-order valence-electron chi connectivity index (χ2n) is 6.13. The Morgan fingerprint density at radius 3 is 2.20 bits per heavy atom. The van der Waals surface area contributed by atoms with Gasteiger partial charge in [-0.15, -0.1) is 0 Å². The van der Waals surface area contributed by atoms with Gasteiger partial charge in [0.2, 0.25) is 0 Å². The first-order valence-electron chi connectivity index (χ1n) is 7.93. The van der Waals surface area contributed by atoms with Crippen molar-refractivity contribution in [2.24, 2.45) is 11.8 Å². The smallest absolute Gasteiger partial charge is 0.134 e. The molecule has 0 unspecified atom stereocenters. The van der Waals surface area contributed by atoms with E-state index in [1.54, 1.807) is 0 Å². The Bertz CT molecular complexity index is 436. The molecule has 1 saturated carbocycles. The summed E-state index contributed by atoms with van der Waals surface area (Å²) in [6.07, 6.45) is 5.43. The molecular weight excluding hydrogens is 248 g/mol. The van der Waals surface area contributed by atoms with E-state index >= 15 is 0 Å². The van der Waals surface area contributed by atoms with E-state index in [1.165, 1.54) is 25.7 Å². The van der Waals surface area contributed by atoms with Crippen molar-refractivity contribution in [3.05, 3.63) is 11.4 Å². The zero-order valence-electron chi connectivity index (χ0n) is 13.3. The van der Waals surface area contributed by atoms with Crippen LogP contribution in [0, 0.1) is 25.7 Å². The molecule has 0 spiro atoms. The predicted octanol–water partition coefficient (Wildman–Crippen LogP) is 3.76. The molecule has 2 N–H and O–H groups in total. The molecule has 1 aromatic rings. The number of nitrogens with zero attached hydrogens (tertiary/aromatic N) is 2. The van der Waals surface area contributed by atoms with Crippen molar-refractivity contribution in [3.8, 4) is 0 Å². The molecule has 1 heterocycles. The molecule has 1 aliphatic carbocycles. The quantitative estimate of drug-likeness (QED) is 0.859. The molecule has 0 bridgehead atoms. The minimum Gasteiger partial charge on any atom is -0.370 e. The summed E-state index contributed by atoms with van der Waals surface area (Å²) in [5.41, 5.74) is 1.13. The van der Waals surface area contributed by atoms with Crippen molar-refractivity contribution in [3.63, 3.8) is 0 Å². The van der Waals surface area contributed by atoms with Gasteiger partial charge in [0.25, 0.3) is 0 Å². The fourth-order valence-corrected chi connectivity index (χ4v) is 2.91. The summed E-state index contributed by atoms with van der Waals surface area (Å²) < 4.78 is 0. The van der Waals surface area contributed by atoms with Crippen molar-refractivity contribution < 1.29 is 0 Å². The Kier molecular flexibility index (Phi) is 5.21. The maximum atomic E-state index is 4.55. The SMILES string of the molecule is CCNc1nc(C)nc(NCC2CCC(C)CC2)c1C. The lowest BCUT2D eigenvalue weighted by molar-refractivity contribution is 0.300. The summed E-state index contributed by atoms with van der Waals surface area (Å²) in [5, 5.41) is 6.86. The van der Waals surface area contributed by atoms with E-state index in [9.17, 15) is 0 Å². The molecule has 20 heavy (non-hydrogen) atoms. The highest BCUT2D eigenvalue weighted by Crippen LogP contribution is 2.29. The third kappa shape index (κ3) is 3.84. The first kappa shape index (κ1) is 15.1. The highest BCUT2D eigenvalue weighted by Gasteiger charge is 2.18. The Morgan fingerprint density at radius 2 is 1.60 bits per heavy atom. The molecule has 1 fully saturated rings. The van der Waals surface area contributed by atoms with Crippen LogP contribution in [-0.2, 0) is 0 Å². The first-order valence-corrected chi connectivity index (χ1v) is 7.93. The van der Waals surface area contributed by atoms with E-state index in [0.717, 1.165) is 47.9 Å². The van der Waals surface area contributed by atoms with Crippen LogP contribution in [0.4, 0.5) is 11.6 Å². The molecular formula is C16H28N4. The zero-order valence-corrected chi connectivity index (χ0v) is 13.3. The van der Waals surface area contributed by atoms with E-state index in [-0.39, 0.29) is 0 Å². The van der Waals surface area contributed by atoms with Crippen molar-refractivity contribution >= 4 is 11.6 Å². The third-order valence-corrected chi connectivity index (χ3v) is 4.30. The number of hydrogen-bond donors (Lipinski definition) is 2. The molecule has 4 heteroatoms. The van der Waals surface area contributed by atoms with Crippen molar-refractivity contribution in [2.75, 3.05) is 23.7 Å². The van der Waals surface area contributed by atoms with Gasteiger partial charge in [-0.1, -0.05) is 19.8 Å². The maximum absolute atomic E-state index is 4.55. The van der Waals surface area contributed by atoms with Crippen molar-refractivity contribution in [2.45, 2.75) is 53.4 Å². The van der Waals surface area contributed by atoms with E-state index in [1.807, 2.05) is 6.92 Å². The van der Waals surface area contributed by atoms with Gasteiger partial charge in [-0.05, 0) is 45.4 Å². The van der Waals surface area contributed by atoms with Crippen LogP contribution in [0.25, 0.3) is 0 Å². The van der Waals surface area contributed by atoms with Crippen LogP contribution in [0.3, 0.4) is 0 Å². The molecule has 1 aliphatic rings.